The first kappa shape index (κ1) is 11.4. The number of halogens is 3. The highest BCUT2D eigenvalue weighted by molar-refractivity contribution is 5.79. The second-order valence-electron chi connectivity index (χ2n) is 2.70. The number of nitrogens with zero attached hydrogens (tertiary/aromatic N) is 1. The van der Waals surface area contributed by atoms with Gasteiger partial charge in [0.15, 0.2) is 0 Å². The van der Waals surface area contributed by atoms with Crippen LogP contribution in [-0.4, -0.2) is 18.5 Å². The van der Waals surface area contributed by atoms with Gasteiger partial charge in [-0.15, -0.1) is 0 Å². The predicted octanol–water partition coefficient (Wildman–Crippen LogP) is 2.52. The van der Waals surface area contributed by atoms with E-state index < -0.39 is 11.7 Å². The molecule has 0 heterocycles. The number of benzene rings is 1. The Morgan fingerprint density at radius 2 is 2.07 bits per heavy atom. The molecule has 3 nitrogen and oxygen atoms in total. The largest absolute Gasteiger partial charge is 0.496 e. The average molecular weight is 219 g/mol. The summed E-state index contributed by atoms with van der Waals surface area (Å²) in [6.07, 6.45) is -3.58. The van der Waals surface area contributed by atoms with Crippen molar-refractivity contribution in [1.29, 1.82) is 0 Å². The van der Waals surface area contributed by atoms with Crippen LogP contribution in [-0.2, 0) is 6.18 Å². The van der Waals surface area contributed by atoms with E-state index in [2.05, 4.69) is 9.89 Å². The normalized spacial score (nSPS) is 12.0. The van der Waals surface area contributed by atoms with Gasteiger partial charge in [-0.3, -0.25) is 0 Å². The van der Waals surface area contributed by atoms with E-state index in [0.29, 0.717) is 0 Å². The molecule has 0 atom stereocenters. The lowest BCUT2D eigenvalue weighted by Gasteiger charge is -2.11. The minimum Gasteiger partial charge on any atom is -0.496 e. The topological polar surface area (TPSA) is 41.8 Å². The second-order valence-corrected chi connectivity index (χ2v) is 2.70. The van der Waals surface area contributed by atoms with Crippen molar-refractivity contribution in [3.63, 3.8) is 0 Å². The molecule has 82 valence electrons. The Morgan fingerprint density at radius 3 is 2.53 bits per heavy atom. The number of hydrogen-bond acceptors (Lipinski definition) is 3. The number of alkyl halides is 3. The van der Waals surface area contributed by atoms with E-state index in [1.54, 1.807) is 0 Å². The van der Waals surface area contributed by atoms with E-state index in [1.807, 2.05) is 0 Å². The third kappa shape index (κ3) is 2.61. The highest BCUT2D eigenvalue weighted by Gasteiger charge is 2.34. The molecule has 0 unspecified atom stereocenters. The van der Waals surface area contributed by atoms with E-state index in [-0.39, 0.29) is 11.3 Å². The zero-order valence-electron chi connectivity index (χ0n) is 7.75. The van der Waals surface area contributed by atoms with Gasteiger partial charge in [-0.25, -0.2) is 0 Å². The number of hydrogen-bond donors (Lipinski definition) is 1. The first-order chi connectivity index (χ1) is 6.99. The Kier molecular flexibility index (Phi) is 3.18. The van der Waals surface area contributed by atoms with E-state index in [9.17, 15) is 13.2 Å². The van der Waals surface area contributed by atoms with Crippen molar-refractivity contribution in [3.05, 3.63) is 29.3 Å². The van der Waals surface area contributed by atoms with Crippen LogP contribution in [0.25, 0.3) is 0 Å². The minimum absolute atomic E-state index is 0.144. The maximum absolute atomic E-state index is 12.5. The lowest BCUT2D eigenvalue weighted by molar-refractivity contribution is -0.138. The van der Waals surface area contributed by atoms with Gasteiger partial charge >= 0.3 is 6.18 Å². The Morgan fingerprint density at radius 1 is 1.40 bits per heavy atom. The first-order valence-electron chi connectivity index (χ1n) is 3.91. The summed E-state index contributed by atoms with van der Waals surface area (Å²) in [6, 6.07) is 3.37. The van der Waals surface area contributed by atoms with Crippen LogP contribution in [0.2, 0.25) is 0 Å². The average Bonchev–Trinajstić information content (AvgIpc) is 2.17. The molecule has 1 N–H and O–H groups in total. The van der Waals surface area contributed by atoms with Gasteiger partial charge in [0.1, 0.15) is 5.75 Å². The smallest absolute Gasteiger partial charge is 0.419 e. The van der Waals surface area contributed by atoms with Gasteiger partial charge in [-0.05, 0) is 23.8 Å². The monoisotopic (exact) mass is 219 g/mol. The maximum Gasteiger partial charge on any atom is 0.419 e. The Bertz CT molecular complexity index is 374. The summed E-state index contributed by atoms with van der Waals surface area (Å²) in [7, 11) is 1.16. The summed E-state index contributed by atoms with van der Waals surface area (Å²) >= 11 is 0. The minimum atomic E-state index is -4.50. The summed E-state index contributed by atoms with van der Waals surface area (Å²) in [5.74, 6) is -0.266. The molecule has 0 amide bonds. The van der Waals surface area contributed by atoms with Gasteiger partial charge in [0, 0.05) is 0 Å². The molecular formula is C9H8F3NO2. The molecule has 1 aromatic carbocycles. The van der Waals surface area contributed by atoms with Gasteiger partial charge in [0.2, 0.25) is 0 Å². The fourth-order valence-corrected chi connectivity index (χ4v) is 1.09. The quantitative estimate of drug-likeness (QED) is 0.471. The van der Waals surface area contributed by atoms with Crippen molar-refractivity contribution < 1.29 is 23.1 Å². The van der Waals surface area contributed by atoms with E-state index in [4.69, 9.17) is 5.21 Å². The number of oxime groups is 1. The van der Waals surface area contributed by atoms with Crippen molar-refractivity contribution >= 4 is 6.21 Å². The second kappa shape index (κ2) is 4.20. The third-order valence-corrected chi connectivity index (χ3v) is 1.74. The maximum atomic E-state index is 12.5. The van der Waals surface area contributed by atoms with Crippen LogP contribution in [0.1, 0.15) is 11.1 Å². The summed E-state index contributed by atoms with van der Waals surface area (Å²) in [6.45, 7) is 0. The highest BCUT2D eigenvalue weighted by Crippen LogP contribution is 2.36. The zero-order valence-corrected chi connectivity index (χ0v) is 7.75. The fraction of sp³-hybridized carbons (Fsp3) is 0.222. The van der Waals surface area contributed by atoms with Crippen molar-refractivity contribution in [2.75, 3.05) is 7.11 Å². The fourth-order valence-electron chi connectivity index (χ4n) is 1.09. The van der Waals surface area contributed by atoms with Crippen LogP contribution in [0.5, 0.6) is 5.75 Å². The van der Waals surface area contributed by atoms with Gasteiger partial charge < -0.3 is 9.94 Å². The molecule has 0 aliphatic carbocycles. The molecule has 0 aromatic heterocycles. The summed E-state index contributed by atoms with van der Waals surface area (Å²) in [4.78, 5) is 0. The molecule has 0 radical (unpaired) electrons. The van der Waals surface area contributed by atoms with Crippen molar-refractivity contribution in [2.45, 2.75) is 6.18 Å². The SMILES string of the molecule is COc1ccc(/C=N/O)cc1C(F)(F)F. The zero-order chi connectivity index (χ0) is 11.5. The number of ether oxygens (including phenoxy) is 1. The van der Waals surface area contributed by atoms with Gasteiger partial charge in [-0.1, -0.05) is 5.16 Å². The summed E-state index contributed by atoms with van der Waals surface area (Å²) in [5, 5.41) is 10.8. The number of methoxy groups -OCH3 is 1. The van der Waals surface area contributed by atoms with Crippen LogP contribution in [0.15, 0.2) is 23.4 Å². The molecule has 0 spiro atoms. The van der Waals surface area contributed by atoms with Gasteiger partial charge in [0.05, 0.1) is 18.9 Å². The molecule has 0 aliphatic heterocycles. The first-order valence-corrected chi connectivity index (χ1v) is 3.91. The Hall–Kier alpha value is -1.72. The van der Waals surface area contributed by atoms with Crippen LogP contribution in [0.3, 0.4) is 0 Å². The van der Waals surface area contributed by atoms with E-state index in [0.717, 1.165) is 19.4 Å². The number of rotatable bonds is 2. The van der Waals surface area contributed by atoms with E-state index in [1.165, 1.54) is 12.1 Å². The molecule has 15 heavy (non-hydrogen) atoms. The molecular weight excluding hydrogens is 211 g/mol. The van der Waals surface area contributed by atoms with Crippen LogP contribution in [0, 0.1) is 0 Å². The lowest BCUT2D eigenvalue weighted by atomic mass is 10.1. The summed E-state index contributed by atoms with van der Waals surface area (Å²) in [5.41, 5.74) is -0.756. The molecule has 0 saturated heterocycles. The molecule has 1 aromatic rings. The predicted molar refractivity (Wildman–Crippen MR) is 47.4 cm³/mol. The summed E-state index contributed by atoms with van der Waals surface area (Å²) < 4.78 is 42.0. The molecule has 0 bridgehead atoms. The van der Waals surface area contributed by atoms with E-state index >= 15 is 0 Å². The van der Waals surface area contributed by atoms with Crippen LogP contribution < -0.4 is 4.74 Å². The van der Waals surface area contributed by atoms with Crippen molar-refractivity contribution in [2.24, 2.45) is 5.16 Å². The molecule has 0 aliphatic rings. The van der Waals surface area contributed by atoms with Crippen LogP contribution in [0.4, 0.5) is 13.2 Å². The van der Waals surface area contributed by atoms with Gasteiger partial charge in [-0.2, -0.15) is 13.2 Å². The van der Waals surface area contributed by atoms with Crippen molar-refractivity contribution in [3.8, 4) is 5.75 Å². The molecule has 0 saturated carbocycles. The van der Waals surface area contributed by atoms with Gasteiger partial charge in [0.25, 0.3) is 0 Å². The Balaban J connectivity index is 3.25. The standard InChI is InChI=1S/C9H8F3NO2/c1-15-8-3-2-6(5-13-14)4-7(8)9(10,11)12/h2-5,14H,1H3/b13-5+. The lowest BCUT2D eigenvalue weighted by Crippen LogP contribution is -2.08. The molecule has 1 rings (SSSR count). The van der Waals surface area contributed by atoms with Crippen molar-refractivity contribution in [1.82, 2.24) is 0 Å². The molecule has 0 fully saturated rings. The third-order valence-electron chi connectivity index (χ3n) is 1.74. The highest BCUT2D eigenvalue weighted by atomic mass is 19.4. The van der Waals surface area contributed by atoms with Crippen LogP contribution >= 0.6 is 0 Å². The Labute approximate surface area is 83.8 Å². The molecule has 6 heteroatoms.